The summed E-state index contributed by atoms with van der Waals surface area (Å²) >= 11 is 0. The first kappa shape index (κ1) is 25.8. The molecule has 0 saturated carbocycles. The minimum Gasteiger partial charge on any atom is -0.493 e. The smallest absolute Gasteiger partial charge is 0.417 e. The molecule has 0 fully saturated rings. The van der Waals surface area contributed by atoms with Crippen LogP contribution in [-0.2, 0) is 17.3 Å². The number of aromatic nitrogens is 4. The van der Waals surface area contributed by atoms with Crippen molar-refractivity contribution in [2.75, 3.05) is 25.6 Å². The van der Waals surface area contributed by atoms with Crippen molar-refractivity contribution in [1.29, 1.82) is 0 Å². The quantitative estimate of drug-likeness (QED) is 0.286. The molecule has 0 radical (unpaired) electrons. The SMILES string of the molecule is COCCCOc1ccc(C(F)(F)F)c(-c2ccnc(NC(=O)c3nnc(Cc4ccccc4)[nH]3)c2)c1. The first-order valence-electron chi connectivity index (χ1n) is 11.4. The molecule has 2 N–H and O–H groups in total. The van der Waals surface area contributed by atoms with Gasteiger partial charge < -0.3 is 19.8 Å². The number of methoxy groups -OCH3 is 1. The van der Waals surface area contributed by atoms with E-state index in [0.29, 0.717) is 31.9 Å². The predicted molar refractivity (Wildman–Crippen MR) is 130 cm³/mol. The normalized spacial score (nSPS) is 11.4. The number of rotatable bonds is 10. The van der Waals surface area contributed by atoms with Gasteiger partial charge in [-0.1, -0.05) is 30.3 Å². The number of anilines is 1. The number of carbonyl (C=O) groups is 1. The summed E-state index contributed by atoms with van der Waals surface area (Å²) in [5.41, 5.74) is 0.271. The topological polar surface area (TPSA) is 102 Å². The van der Waals surface area contributed by atoms with E-state index >= 15 is 0 Å². The fourth-order valence-corrected chi connectivity index (χ4v) is 3.60. The van der Waals surface area contributed by atoms with E-state index in [1.165, 1.54) is 30.5 Å². The van der Waals surface area contributed by atoms with Gasteiger partial charge in [-0.25, -0.2) is 4.98 Å². The van der Waals surface area contributed by atoms with Gasteiger partial charge in [-0.2, -0.15) is 13.2 Å². The van der Waals surface area contributed by atoms with E-state index in [4.69, 9.17) is 9.47 Å². The summed E-state index contributed by atoms with van der Waals surface area (Å²) in [5.74, 6) is 0.177. The van der Waals surface area contributed by atoms with Crippen molar-refractivity contribution >= 4 is 11.7 Å². The van der Waals surface area contributed by atoms with Crippen LogP contribution >= 0.6 is 0 Å². The van der Waals surface area contributed by atoms with E-state index in [1.54, 1.807) is 7.11 Å². The molecule has 4 aromatic rings. The van der Waals surface area contributed by atoms with Gasteiger partial charge in [0.1, 0.15) is 17.4 Å². The van der Waals surface area contributed by atoms with Gasteiger partial charge in [0.2, 0.25) is 5.82 Å². The van der Waals surface area contributed by atoms with Crippen molar-refractivity contribution in [3.8, 4) is 16.9 Å². The van der Waals surface area contributed by atoms with Crippen LogP contribution in [-0.4, -0.2) is 46.4 Å². The van der Waals surface area contributed by atoms with Crippen LogP contribution in [0, 0.1) is 0 Å². The lowest BCUT2D eigenvalue weighted by Gasteiger charge is -2.16. The summed E-state index contributed by atoms with van der Waals surface area (Å²) < 4.78 is 51.8. The molecule has 0 bridgehead atoms. The molecule has 0 aliphatic rings. The summed E-state index contributed by atoms with van der Waals surface area (Å²) in [7, 11) is 1.56. The van der Waals surface area contributed by atoms with Crippen molar-refractivity contribution in [3.63, 3.8) is 0 Å². The van der Waals surface area contributed by atoms with Crippen LogP contribution in [0.15, 0.2) is 66.9 Å². The van der Waals surface area contributed by atoms with Crippen LogP contribution in [0.3, 0.4) is 0 Å². The highest BCUT2D eigenvalue weighted by Gasteiger charge is 2.34. The zero-order chi connectivity index (χ0) is 26.3. The molecule has 2 heterocycles. The Morgan fingerprint density at radius 1 is 1.03 bits per heavy atom. The summed E-state index contributed by atoms with van der Waals surface area (Å²) in [6, 6.07) is 15.9. The lowest BCUT2D eigenvalue weighted by molar-refractivity contribution is -0.137. The number of hydrogen-bond acceptors (Lipinski definition) is 6. The molecule has 0 atom stereocenters. The third-order valence-electron chi connectivity index (χ3n) is 5.33. The van der Waals surface area contributed by atoms with Gasteiger partial charge in [0.25, 0.3) is 5.91 Å². The van der Waals surface area contributed by atoms with E-state index < -0.39 is 17.6 Å². The van der Waals surface area contributed by atoms with Crippen molar-refractivity contribution in [3.05, 3.63) is 89.6 Å². The average molecular weight is 512 g/mol. The number of H-pyrrole nitrogens is 1. The summed E-state index contributed by atoms with van der Waals surface area (Å²) in [4.78, 5) is 19.6. The lowest BCUT2D eigenvalue weighted by atomic mass is 9.99. The first-order chi connectivity index (χ1) is 17.8. The monoisotopic (exact) mass is 511 g/mol. The van der Waals surface area contributed by atoms with Crippen molar-refractivity contribution in [2.24, 2.45) is 0 Å². The minimum absolute atomic E-state index is 0.0411. The number of benzene rings is 2. The second kappa shape index (κ2) is 11.7. The molecule has 37 heavy (non-hydrogen) atoms. The fraction of sp³-hybridized carbons (Fsp3) is 0.231. The number of amides is 1. The molecular formula is C26H24F3N5O3. The molecule has 11 heteroatoms. The second-order valence-electron chi connectivity index (χ2n) is 8.07. The lowest BCUT2D eigenvalue weighted by Crippen LogP contribution is -2.15. The van der Waals surface area contributed by atoms with E-state index in [-0.39, 0.29) is 28.5 Å². The Hall–Kier alpha value is -4.25. The standard InChI is InChI=1S/C26H24F3N5O3/c1-36-12-5-13-37-19-8-9-21(26(27,28)29)20(16-19)18-10-11-30-22(15-18)32-25(35)24-31-23(33-34-24)14-17-6-3-2-4-7-17/h2-4,6-11,15-16H,5,12-14H2,1H3,(H,30,32,35)(H,31,33,34). The third-order valence-corrected chi connectivity index (χ3v) is 5.33. The minimum atomic E-state index is -4.59. The molecular weight excluding hydrogens is 487 g/mol. The van der Waals surface area contributed by atoms with Crippen LogP contribution in [0.5, 0.6) is 5.75 Å². The molecule has 0 aliphatic carbocycles. The third kappa shape index (κ3) is 6.91. The van der Waals surface area contributed by atoms with Gasteiger partial charge in [-0.05, 0) is 47.0 Å². The average Bonchev–Trinajstić information content (AvgIpc) is 3.35. The maximum absolute atomic E-state index is 13.7. The molecule has 0 spiro atoms. The Morgan fingerprint density at radius 2 is 1.84 bits per heavy atom. The molecule has 2 aromatic carbocycles. The van der Waals surface area contributed by atoms with Crippen LogP contribution < -0.4 is 10.1 Å². The van der Waals surface area contributed by atoms with Gasteiger partial charge in [-0.15, -0.1) is 10.2 Å². The zero-order valence-electron chi connectivity index (χ0n) is 19.9. The molecule has 1 amide bonds. The number of ether oxygens (including phenoxy) is 2. The Kier molecular flexibility index (Phi) is 8.14. The number of pyridine rings is 1. The maximum atomic E-state index is 13.7. The van der Waals surface area contributed by atoms with Gasteiger partial charge in [-0.3, -0.25) is 4.79 Å². The second-order valence-corrected chi connectivity index (χ2v) is 8.07. The first-order valence-corrected chi connectivity index (χ1v) is 11.4. The van der Waals surface area contributed by atoms with Crippen molar-refractivity contribution in [2.45, 2.75) is 19.0 Å². The number of carbonyl (C=O) groups excluding carboxylic acids is 1. The largest absolute Gasteiger partial charge is 0.493 e. The highest BCUT2D eigenvalue weighted by Crippen LogP contribution is 2.39. The Bertz CT molecular complexity index is 1340. The van der Waals surface area contributed by atoms with Crippen LogP contribution in [0.1, 0.15) is 34.0 Å². The van der Waals surface area contributed by atoms with Crippen LogP contribution in [0.25, 0.3) is 11.1 Å². The molecule has 8 nitrogen and oxygen atoms in total. The van der Waals surface area contributed by atoms with Crippen LogP contribution in [0.2, 0.25) is 0 Å². The fourth-order valence-electron chi connectivity index (χ4n) is 3.60. The van der Waals surface area contributed by atoms with Crippen LogP contribution in [0.4, 0.5) is 19.0 Å². The number of aromatic amines is 1. The summed E-state index contributed by atoms with van der Waals surface area (Å²) in [6.45, 7) is 0.763. The molecule has 0 aliphatic heterocycles. The Morgan fingerprint density at radius 3 is 2.59 bits per heavy atom. The van der Waals surface area contributed by atoms with Gasteiger partial charge in [0, 0.05) is 32.8 Å². The number of halogens is 3. The van der Waals surface area contributed by atoms with E-state index in [1.807, 2.05) is 30.3 Å². The summed E-state index contributed by atoms with van der Waals surface area (Å²) in [5, 5.41) is 10.4. The van der Waals surface area contributed by atoms with E-state index in [0.717, 1.165) is 11.6 Å². The van der Waals surface area contributed by atoms with Gasteiger partial charge >= 0.3 is 6.18 Å². The molecule has 192 valence electrons. The Balaban J connectivity index is 1.52. The maximum Gasteiger partial charge on any atom is 0.417 e. The van der Waals surface area contributed by atoms with E-state index in [2.05, 4.69) is 25.5 Å². The number of nitrogens with one attached hydrogen (secondary N) is 2. The number of alkyl halides is 3. The van der Waals surface area contributed by atoms with Gasteiger partial charge in [0.15, 0.2) is 0 Å². The summed E-state index contributed by atoms with van der Waals surface area (Å²) in [6.07, 6.45) is -2.23. The highest BCUT2D eigenvalue weighted by atomic mass is 19.4. The highest BCUT2D eigenvalue weighted by molar-refractivity contribution is 6.01. The molecule has 0 saturated heterocycles. The van der Waals surface area contributed by atoms with Crippen molar-refractivity contribution < 1.29 is 27.4 Å². The van der Waals surface area contributed by atoms with Gasteiger partial charge in [0.05, 0.1) is 12.2 Å². The van der Waals surface area contributed by atoms with E-state index in [9.17, 15) is 18.0 Å². The number of hydrogen-bond donors (Lipinski definition) is 2. The Labute approximate surface area is 210 Å². The molecule has 0 unspecified atom stereocenters. The molecule has 4 rings (SSSR count). The number of nitrogens with zero attached hydrogens (tertiary/aromatic N) is 3. The zero-order valence-corrected chi connectivity index (χ0v) is 19.9. The molecule has 2 aromatic heterocycles. The van der Waals surface area contributed by atoms with Crippen molar-refractivity contribution in [1.82, 2.24) is 20.2 Å². The predicted octanol–water partition coefficient (Wildman–Crippen LogP) is 5.14.